The zero-order chi connectivity index (χ0) is 14.2. The number of benzene rings is 1. The van der Waals surface area contributed by atoms with Crippen LogP contribution in [0, 0.1) is 5.82 Å². The van der Waals surface area contributed by atoms with E-state index < -0.39 is 36.1 Å². The molecule has 2 nitrogen and oxygen atoms in total. The first kappa shape index (κ1) is 14.3. The molecule has 0 saturated carbocycles. The molecule has 0 aromatic heterocycles. The molecular formula is C12H10BrF4NO. The van der Waals surface area contributed by atoms with E-state index in [9.17, 15) is 17.6 Å². The van der Waals surface area contributed by atoms with E-state index in [1.807, 2.05) is 0 Å². The van der Waals surface area contributed by atoms with Gasteiger partial charge in [-0.25, -0.2) is 22.6 Å². The molecule has 1 aromatic rings. The Kier molecular flexibility index (Phi) is 3.85. The second-order valence-electron chi connectivity index (χ2n) is 4.16. The van der Waals surface area contributed by atoms with E-state index in [1.54, 1.807) is 0 Å². The molecule has 1 aliphatic heterocycles. The van der Waals surface area contributed by atoms with Crippen LogP contribution in [0.2, 0.25) is 0 Å². The van der Waals surface area contributed by atoms with Gasteiger partial charge in [-0.05, 0) is 18.2 Å². The Morgan fingerprint density at radius 1 is 1.47 bits per heavy atom. The zero-order valence-corrected chi connectivity index (χ0v) is 11.4. The van der Waals surface area contributed by atoms with Crippen molar-refractivity contribution in [2.75, 3.05) is 6.61 Å². The maximum absolute atomic E-state index is 14.0. The van der Waals surface area contributed by atoms with E-state index in [4.69, 9.17) is 4.74 Å². The van der Waals surface area contributed by atoms with Crippen LogP contribution < -0.4 is 0 Å². The van der Waals surface area contributed by atoms with E-state index in [2.05, 4.69) is 20.9 Å². The van der Waals surface area contributed by atoms with Crippen molar-refractivity contribution in [1.82, 2.24) is 0 Å². The Labute approximate surface area is 115 Å². The highest BCUT2D eigenvalue weighted by Gasteiger charge is 2.53. The van der Waals surface area contributed by atoms with Gasteiger partial charge in [0.1, 0.15) is 12.4 Å². The maximum atomic E-state index is 14.0. The number of hydrogen-bond acceptors (Lipinski definition) is 2. The number of nitrogens with zero attached hydrogens (tertiary/aromatic N) is 1. The standard InChI is InChI=1S/C12H10BrF4NO/c1-6-18-12(11(16)17,10(15)5-19-6)8-4-7(13)2-3-9(8)14/h2-4,10-11H,5H2,1H3/t10-,12-/m1/s1. The van der Waals surface area contributed by atoms with Crippen LogP contribution in [0.5, 0.6) is 0 Å². The minimum Gasteiger partial charge on any atom is -0.478 e. The maximum Gasteiger partial charge on any atom is 0.270 e. The molecule has 0 bridgehead atoms. The summed E-state index contributed by atoms with van der Waals surface area (Å²) in [5.41, 5.74) is -3.04. The van der Waals surface area contributed by atoms with Crippen molar-refractivity contribution in [3.63, 3.8) is 0 Å². The fraction of sp³-hybridized carbons (Fsp3) is 0.417. The largest absolute Gasteiger partial charge is 0.478 e. The lowest BCUT2D eigenvalue weighted by molar-refractivity contribution is -0.0299. The Morgan fingerprint density at radius 2 is 2.16 bits per heavy atom. The third kappa shape index (κ3) is 2.35. The van der Waals surface area contributed by atoms with Crippen molar-refractivity contribution in [1.29, 1.82) is 0 Å². The quantitative estimate of drug-likeness (QED) is 0.750. The molecule has 7 heteroatoms. The molecule has 0 fully saturated rings. The highest BCUT2D eigenvalue weighted by Crippen LogP contribution is 2.42. The summed E-state index contributed by atoms with van der Waals surface area (Å²) in [6.07, 6.45) is -5.31. The molecule has 1 aromatic carbocycles. The van der Waals surface area contributed by atoms with Gasteiger partial charge in [0.2, 0.25) is 0 Å². The molecule has 1 heterocycles. The molecule has 104 valence electrons. The number of ether oxygens (including phenoxy) is 1. The van der Waals surface area contributed by atoms with Gasteiger partial charge in [-0.2, -0.15) is 0 Å². The highest BCUT2D eigenvalue weighted by molar-refractivity contribution is 9.10. The number of hydrogen-bond donors (Lipinski definition) is 0. The molecule has 0 spiro atoms. The van der Waals surface area contributed by atoms with E-state index >= 15 is 0 Å². The Hall–Kier alpha value is -1.11. The fourth-order valence-corrected chi connectivity index (χ4v) is 2.38. The third-order valence-electron chi connectivity index (χ3n) is 2.95. The minimum absolute atomic E-state index is 0.0893. The molecule has 0 aliphatic carbocycles. The lowest BCUT2D eigenvalue weighted by Crippen LogP contribution is -2.48. The van der Waals surface area contributed by atoms with Crippen LogP contribution in [0.1, 0.15) is 12.5 Å². The number of halogens is 5. The SMILES string of the molecule is CC1=N[C@@](c2cc(Br)ccc2F)(C(F)F)[C@H](F)CO1. The summed E-state index contributed by atoms with van der Waals surface area (Å²) >= 11 is 3.06. The molecule has 1 aliphatic rings. The Balaban J connectivity index is 2.69. The molecule has 0 N–H and O–H groups in total. The van der Waals surface area contributed by atoms with Crippen LogP contribution in [0.4, 0.5) is 17.6 Å². The molecule has 0 unspecified atom stereocenters. The van der Waals surface area contributed by atoms with Crippen LogP contribution in [0.15, 0.2) is 27.7 Å². The summed E-state index contributed by atoms with van der Waals surface area (Å²) in [4.78, 5) is 3.58. The summed E-state index contributed by atoms with van der Waals surface area (Å²) in [5.74, 6) is -1.02. The minimum atomic E-state index is -3.19. The van der Waals surface area contributed by atoms with Gasteiger partial charge < -0.3 is 4.74 Å². The van der Waals surface area contributed by atoms with E-state index in [-0.39, 0.29) is 5.90 Å². The monoisotopic (exact) mass is 339 g/mol. The van der Waals surface area contributed by atoms with Gasteiger partial charge in [0.05, 0.1) is 0 Å². The van der Waals surface area contributed by atoms with Crippen molar-refractivity contribution in [2.24, 2.45) is 4.99 Å². The van der Waals surface area contributed by atoms with E-state index in [0.717, 1.165) is 12.1 Å². The zero-order valence-electron chi connectivity index (χ0n) is 9.84. The van der Waals surface area contributed by atoms with Gasteiger partial charge in [-0.1, -0.05) is 15.9 Å². The van der Waals surface area contributed by atoms with Crippen molar-refractivity contribution in [2.45, 2.75) is 25.1 Å². The van der Waals surface area contributed by atoms with Crippen molar-refractivity contribution < 1.29 is 22.3 Å². The number of aliphatic imine (C=N–C) groups is 1. The Morgan fingerprint density at radius 3 is 2.79 bits per heavy atom. The lowest BCUT2D eigenvalue weighted by Gasteiger charge is -2.36. The van der Waals surface area contributed by atoms with E-state index in [1.165, 1.54) is 13.0 Å². The fourth-order valence-electron chi connectivity index (χ4n) is 2.02. The average Bonchev–Trinajstić information content (AvgIpc) is 2.35. The average molecular weight is 340 g/mol. The van der Waals surface area contributed by atoms with Crippen molar-refractivity contribution in [3.8, 4) is 0 Å². The first-order valence-electron chi connectivity index (χ1n) is 5.45. The second kappa shape index (κ2) is 5.11. The summed E-state index contributed by atoms with van der Waals surface area (Å²) in [5, 5.41) is 0. The van der Waals surface area contributed by atoms with Crippen LogP contribution in [-0.4, -0.2) is 25.1 Å². The molecule has 2 atom stereocenters. The van der Waals surface area contributed by atoms with Gasteiger partial charge in [0, 0.05) is 17.0 Å². The molecule has 0 amide bonds. The molecule has 19 heavy (non-hydrogen) atoms. The summed E-state index contributed by atoms with van der Waals surface area (Å²) in [6, 6.07) is 3.47. The van der Waals surface area contributed by atoms with Crippen LogP contribution >= 0.6 is 15.9 Å². The topological polar surface area (TPSA) is 21.6 Å². The summed E-state index contributed by atoms with van der Waals surface area (Å²) in [7, 11) is 0. The Bertz CT molecular complexity index is 522. The van der Waals surface area contributed by atoms with E-state index in [0.29, 0.717) is 4.47 Å². The summed E-state index contributed by atoms with van der Waals surface area (Å²) < 4.78 is 59.8. The number of rotatable bonds is 2. The summed E-state index contributed by atoms with van der Waals surface area (Å²) in [6.45, 7) is 0.754. The van der Waals surface area contributed by atoms with Crippen LogP contribution in [0.3, 0.4) is 0 Å². The smallest absolute Gasteiger partial charge is 0.270 e. The first-order chi connectivity index (χ1) is 8.87. The third-order valence-corrected chi connectivity index (χ3v) is 3.44. The molecule has 0 saturated heterocycles. The predicted octanol–water partition coefficient (Wildman–Crippen LogP) is 3.84. The molecule has 2 rings (SSSR count). The van der Waals surface area contributed by atoms with Crippen LogP contribution in [-0.2, 0) is 10.3 Å². The molecular weight excluding hydrogens is 330 g/mol. The van der Waals surface area contributed by atoms with Crippen LogP contribution in [0.25, 0.3) is 0 Å². The van der Waals surface area contributed by atoms with Gasteiger partial charge in [-0.3, -0.25) is 0 Å². The van der Waals surface area contributed by atoms with Gasteiger partial charge in [-0.15, -0.1) is 0 Å². The highest BCUT2D eigenvalue weighted by atomic mass is 79.9. The molecule has 0 radical (unpaired) electrons. The van der Waals surface area contributed by atoms with Crippen molar-refractivity contribution >= 4 is 21.8 Å². The lowest BCUT2D eigenvalue weighted by atomic mass is 9.85. The number of alkyl halides is 3. The normalized spacial score (nSPS) is 27.1. The van der Waals surface area contributed by atoms with Gasteiger partial charge in [0.15, 0.2) is 17.6 Å². The first-order valence-corrected chi connectivity index (χ1v) is 6.24. The predicted molar refractivity (Wildman–Crippen MR) is 65.7 cm³/mol. The van der Waals surface area contributed by atoms with Gasteiger partial charge >= 0.3 is 0 Å². The van der Waals surface area contributed by atoms with Gasteiger partial charge in [0.25, 0.3) is 6.43 Å². The van der Waals surface area contributed by atoms with Crippen molar-refractivity contribution in [3.05, 3.63) is 34.1 Å². The second-order valence-corrected chi connectivity index (χ2v) is 5.08.